The van der Waals surface area contributed by atoms with Gasteiger partial charge in [-0.05, 0) is 13.3 Å². The van der Waals surface area contributed by atoms with Crippen molar-refractivity contribution in [1.29, 1.82) is 0 Å². The summed E-state index contributed by atoms with van der Waals surface area (Å²) in [4.78, 5) is 16.7. The minimum atomic E-state index is 0.103. The maximum Gasteiger partial charge on any atom is 0.229 e. The molecule has 0 atom stereocenters. The highest BCUT2D eigenvalue weighted by Gasteiger charge is 2.03. The summed E-state index contributed by atoms with van der Waals surface area (Å²) in [6, 6.07) is 0. The van der Waals surface area contributed by atoms with Crippen LogP contribution in [0.15, 0.2) is 6.20 Å². The van der Waals surface area contributed by atoms with Crippen molar-refractivity contribution in [3.05, 3.63) is 11.1 Å². The molecule has 0 radical (unpaired) electrons. The van der Waals surface area contributed by atoms with Crippen LogP contribution in [-0.4, -0.2) is 29.7 Å². The monoisotopic (exact) mass is 273 g/mol. The number of aromatic nitrogens is 1. The molecule has 0 spiro atoms. The Bertz CT molecular complexity index is 341. The fraction of sp³-hybridized carbons (Fsp3) is 0.636. The first-order valence-electron chi connectivity index (χ1n) is 5.79. The highest BCUT2D eigenvalue weighted by Crippen LogP contribution is 2.22. The molecule has 1 aromatic heterocycles. The van der Waals surface area contributed by atoms with Crippen LogP contribution in [0.4, 0.5) is 5.13 Å². The minimum absolute atomic E-state index is 0.103. The zero-order chi connectivity index (χ0) is 12.5. The molecule has 0 aromatic carbocycles. The zero-order valence-corrected chi connectivity index (χ0v) is 11.9. The fourth-order valence-corrected chi connectivity index (χ4v) is 2.96. The van der Waals surface area contributed by atoms with Crippen LogP contribution in [0, 0.1) is 0 Å². The van der Waals surface area contributed by atoms with E-state index in [1.807, 2.05) is 13.1 Å². The summed E-state index contributed by atoms with van der Waals surface area (Å²) < 4.78 is 0. The Morgan fingerprint density at radius 3 is 3.06 bits per heavy atom. The maximum atomic E-state index is 11.2. The lowest BCUT2D eigenvalue weighted by Crippen LogP contribution is -2.24. The minimum Gasteiger partial charge on any atom is -0.362 e. The molecule has 0 bridgehead atoms. The summed E-state index contributed by atoms with van der Waals surface area (Å²) >= 11 is 3.29. The second kappa shape index (κ2) is 8.36. The first-order valence-corrected chi connectivity index (χ1v) is 7.76. The van der Waals surface area contributed by atoms with Gasteiger partial charge in [-0.1, -0.05) is 6.92 Å². The van der Waals surface area contributed by atoms with Gasteiger partial charge in [0.2, 0.25) is 5.91 Å². The van der Waals surface area contributed by atoms with Gasteiger partial charge >= 0.3 is 0 Å². The Labute approximate surface area is 111 Å². The van der Waals surface area contributed by atoms with Crippen LogP contribution in [0.1, 0.15) is 25.1 Å². The molecule has 1 rings (SSSR count). The van der Waals surface area contributed by atoms with Crippen molar-refractivity contribution in [3.63, 3.8) is 0 Å². The third kappa shape index (κ3) is 5.93. The predicted molar refractivity (Wildman–Crippen MR) is 75.7 cm³/mol. The molecule has 1 heterocycles. The number of carbonyl (C=O) groups is 1. The summed E-state index contributed by atoms with van der Waals surface area (Å²) in [7, 11) is 0. The first kappa shape index (κ1) is 14.3. The SMILES string of the molecule is CCCNc1ncc(CSCC(=O)NCC)s1. The Morgan fingerprint density at radius 2 is 2.35 bits per heavy atom. The van der Waals surface area contributed by atoms with Gasteiger partial charge in [0.15, 0.2) is 5.13 Å². The van der Waals surface area contributed by atoms with Crippen molar-refractivity contribution in [2.75, 3.05) is 24.2 Å². The summed E-state index contributed by atoms with van der Waals surface area (Å²) in [6.45, 7) is 5.71. The van der Waals surface area contributed by atoms with Gasteiger partial charge in [-0.15, -0.1) is 23.1 Å². The van der Waals surface area contributed by atoms with E-state index in [2.05, 4.69) is 22.5 Å². The summed E-state index contributed by atoms with van der Waals surface area (Å²) in [5.74, 6) is 1.47. The number of carbonyl (C=O) groups excluding carboxylic acids is 1. The van der Waals surface area contributed by atoms with Crippen LogP contribution in [-0.2, 0) is 10.5 Å². The molecular formula is C11H19N3OS2. The third-order valence-electron chi connectivity index (χ3n) is 1.93. The van der Waals surface area contributed by atoms with Gasteiger partial charge in [-0.25, -0.2) is 4.98 Å². The fourth-order valence-electron chi connectivity index (χ4n) is 1.18. The summed E-state index contributed by atoms with van der Waals surface area (Å²) in [5.41, 5.74) is 0. The van der Waals surface area contributed by atoms with Crippen LogP contribution in [0.5, 0.6) is 0 Å². The average Bonchev–Trinajstić information content (AvgIpc) is 2.75. The lowest BCUT2D eigenvalue weighted by atomic mass is 10.5. The van der Waals surface area contributed by atoms with Crippen molar-refractivity contribution in [2.45, 2.75) is 26.0 Å². The predicted octanol–water partition coefficient (Wildman–Crippen LogP) is 2.33. The number of rotatable bonds is 8. The smallest absolute Gasteiger partial charge is 0.229 e. The van der Waals surface area contributed by atoms with Crippen LogP contribution in [0.25, 0.3) is 0 Å². The van der Waals surface area contributed by atoms with Crippen LogP contribution < -0.4 is 10.6 Å². The molecule has 96 valence electrons. The van der Waals surface area contributed by atoms with E-state index in [9.17, 15) is 4.79 Å². The quantitative estimate of drug-likeness (QED) is 0.763. The lowest BCUT2D eigenvalue weighted by Gasteiger charge is -2.00. The molecular weight excluding hydrogens is 254 g/mol. The van der Waals surface area contributed by atoms with E-state index in [0.29, 0.717) is 12.3 Å². The Hall–Kier alpha value is -0.750. The van der Waals surface area contributed by atoms with E-state index in [4.69, 9.17) is 0 Å². The highest BCUT2D eigenvalue weighted by molar-refractivity contribution is 7.99. The number of thioether (sulfide) groups is 1. The maximum absolute atomic E-state index is 11.2. The van der Waals surface area contributed by atoms with E-state index >= 15 is 0 Å². The van der Waals surface area contributed by atoms with Crippen molar-refractivity contribution in [2.24, 2.45) is 0 Å². The van der Waals surface area contributed by atoms with E-state index in [1.165, 1.54) is 4.88 Å². The number of thiazole rings is 1. The number of anilines is 1. The van der Waals surface area contributed by atoms with Gasteiger partial charge in [0, 0.05) is 29.9 Å². The summed E-state index contributed by atoms with van der Waals surface area (Å²) in [5, 5.41) is 7.01. The molecule has 1 amide bonds. The summed E-state index contributed by atoms with van der Waals surface area (Å²) in [6.07, 6.45) is 2.98. The van der Waals surface area contributed by atoms with Crippen LogP contribution >= 0.6 is 23.1 Å². The van der Waals surface area contributed by atoms with E-state index in [0.717, 1.165) is 23.8 Å². The molecule has 0 aliphatic heterocycles. The van der Waals surface area contributed by atoms with E-state index < -0.39 is 0 Å². The van der Waals surface area contributed by atoms with Gasteiger partial charge in [-0.3, -0.25) is 4.79 Å². The molecule has 2 N–H and O–H groups in total. The van der Waals surface area contributed by atoms with Crippen LogP contribution in [0.3, 0.4) is 0 Å². The van der Waals surface area contributed by atoms with Crippen molar-refractivity contribution in [3.8, 4) is 0 Å². The molecule has 0 saturated carbocycles. The number of nitrogens with zero attached hydrogens (tertiary/aromatic N) is 1. The Balaban J connectivity index is 2.22. The standard InChI is InChI=1S/C11H19N3OS2/c1-3-5-13-11-14-6-9(17-11)7-16-8-10(15)12-4-2/h6H,3-5,7-8H2,1-2H3,(H,12,15)(H,13,14). The van der Waals surface area contributed by atoms with Gasteiger partial charge in [0.1, 0.15) is 0 Å². The topological polar surface area (TPSA) is 54.0 Å². The van der Waals surface area contributed by atoms with Gasteiger partial charge in [-0.2, -0.15) is 0 Å². The molecule has 0 saturated heterocycles. The second-order valence-electron chi connectivity index (χ2n) is 3.50. The molecule has 17 heavy (non-hydrogen) atoms. The highest BCUT2D eigenvalue weighted by atomic mass is 32.2. The molecule has 0 fully saturated rings. The molecule has 6 heteroatoms. The van der Waals surface area contributed by atoms with Crippen molar-refractivity contribution < 1.29 is 4.79 Å². The normalized spacial score (nSPS) is 10.2. The zero-order valence-electron chi connectivity index (χ0n) is 10.3. The number of hydrogen-bond acceptors (Lipinski definition) is 5. The number of hydrogen-bond donors (Lipinski definition) is 2. The third-order valence-corrected chi connectivity index (χ3v) is 4.05. The molecule has 0 unspecified atom stereocenters. The molecule has 0 aliphatic carbocycles. The van der Waals surface area contributed by atoms with Gasteiger partial charge in [0.25, 0.3) is 0 Å². The second-order valence-corrected chi connectivity index (χ2v) is 5.61. The first-order chi connectivity index (χ1) is 8.26. The van der Waals surface area contributed by atoms with Crippen LogP contribution in [0.2, 0.25) is 0 Å². The molecule has 1 aromatic rings. The lowest BCUT2D eigenvalue weighted by molar-refractivity contribution is -0.118. The average molecular weight is 273 g/mol. The Kier molecular flexibility index (Phi) is 7.04. The van der Waals surface area contributed by atoms with Gasteiger partial charge in [0.05, 0.1) is 5.75 Å². The number of amides is 1. The Morgan fingerprint density at radius 1 is 1.53 bits per heavy atom. The molecule has 4 nitrogen and oxygen atoms in total. The van der Waals surface area contributed by atoms with E-state index in [1.54, 1.807) is 23.1 Å². The largest absolute Gasteiger partial charge is 0.362 e. The van der Waals surface area contributed by atoms with Gasteiger partial charge < -0.3 is 10.6 Å². The van der Waals surface area contributed by atoms with Crippen molar-refractivity contribution in [1.82, 2.24) is 10.3 Å². The van der Waals surface area contributed by atoms with E-state index in [-0.39, 0.29) is 5.91 Å². The molecule has 0 aliphatic rings. The van der Waals surface area contributed by atoms with Crippen molar-refractivity contribution >= 4 is 34.1 Å². The number of nitrogens with one attached hydrogen (secondary N) is 2.